The number of carbonyl (C=O) groups excluding carboxylic acids is 1. The van der Waals surface area contributed by atoms with E-state index in [1.165, 1.54) is 17.0 Å². The molecule has 0 unspecified atom stereocenters. The fourth-order valence-corrected chi connectivity index (χ4v) is 3.02. The standard InChI is InChI=1S/C17H12ClFN4O2/c18-12-4-2-6-14(8-12)21-10-15-20-22(17(25)23(15)16(21)24)9-11-3-1-5-13(19)7-11/h1-8H,9-10H2. The van der Waals surface area contributed by atoms with Crippen LogP contribution in [0.25, 0.3) is 0 Å². The van der Waals surface area contributed by atoms with Gasteiger partial charge in [0, 0.05) is 10.7 Å². The maximum Gasteiger partial charge on any atom is 0.354 e. The van der Waals surface area contributed by atoms with Crippen LogP contribution in [-0.4, -0.2) is 20.4 Å². The summed E-state index contributed by atoms with van der Waals surface area (Å²) in [4.78, 5) is 26.5. The molecule has 25 heavy (non-hydrogen) atoms. The fraction of sp³-hybridized carbons (Fsp3) is 0.118. The highest BCUT2D eigenvalue weighted by Crippen LogP contribution is 2.25. The Labute approximate surface area is 146 Å². The van der Waals surface area contributed by atoms with Gasteiger partial charge in [0.2, 0.25) is 0 Å². The molecule has 3 aromatic rings. The molecule has 1 aromatic heterocycles. The van der Waals surface area contributed by atoms with Crippen molar-refractivity contribution in [3.8, 4) is 0 Å². The molecule has 2 aromatic carbocycles. The summed E-state index contributed by atoms with van der Waals surface area (Å²) in [6.45, 7) is 0.269. The molecule has 2 heterocycles. The lowest BCUT2D eigenvalue weighted by molar-refractivity contribution is 0.250. The number of fused-ring (bicyclic) bond motifs is 1. The Morgan fingerprint density at radius 1 is 1.12 bits per heavy atom. The average Bonchev–Trinajstić information content (AvgIpc) is 3.05. The molecule has 0 aliphatic carbocycles. The highest BCUT2D eigenvalue weighted by Gasteiger charge is 2.33. The lowest BCUT2D eigenvalue weighted by atomic mass is 10.2. The second-order valence-corrected chi connectivity index (χ2v) is 6.11. The molecular weight excluding hydrogens is 347 g/mol. The molecule has 8 heteroatoms. The Balaban J connectivity index is 1.65. The van der Waals surface area contributed by atoms with Crippen LogP contribution in [0.1, 0.15) is 11.4 Å². The van der Waals surface area contributed by atoms with Crippen molar-refractivity contribution in [3.05, 3.63) is 81.2 Å². The minimum atomic E-state index is -0.547. The van der Waals surface area contributed by atoms with Crippen molar-refractivity contribution < 1.29 is 9.18 Å². The minimum absolute atomic E-state index is 0.0983. The molecule has 4 rings (SSSR count). The van der Waals surface area contributed by atoms with Crippen LogP contribution in [0, 0.1) is 5.82 Å². The van der Waals surface area contributed by atoms with Gasteiger partial charge in [-0.2, -0.15) is 9.67 Å². The number of anilines is 1. The second-order valence-electron chi connectivity index (χ2n) is 5.67. The second kappa shape index (κ2) is 5.86. The summed E-state index contributed by atoms with van der Waals surface area (Å²) >= 11 is 5.96. The maximum atomic E-state index is 13.3. The Hall–Kier alpha value is -2.93. The first kappa shape index (κ1) is 15.6. The van der Waals surface area contributed by atoms with E-state index in [-0.39, 0.29) is 18.9 Å². The zero-order valence-electron chi connectivity index (χ0n) is 12.9. The number of hydrogen-bond donors (Lipinski definition) is 0. The summed E-state index contributed by atoms with van der Waals surface area (Å²) in [6, 6.07) is 12.3. The van der Waals surface area contributed by atoms with Crippen molar-refractivity contribution in [3.63, 3.8) is 0 Å². The van der Waals surface area contributed by atoms with Gasteiger partial charge in [0.25, 0.3) is 0 Å². The molecule has 1 aliphatic heterocycles. The molecule has 0 fully saturated rings. The van der Waals surface area contributed by atoms with Gasteiger partial charge >= 0.3 is 11.7 Å². The predicted octanol–water partition coefficient (Wildman–Crippen LogP) is 2.87. The molecule has 0 bridgehead atoms. The number of nitrogens with zero attached hydrogens (tertiary/aromatic N) is 4. The first-order valence-corrected chi connectivity index (χ1v) is 7.91. The number of aromatic nitrogens is 3. The van der Waals surface area contributed by atoms with Gasteiger partial charge < -0.3 is 0 Å². The number of halogens is 2. The average molecular weight is 359 g/mol. The van der Waals surface area contributed by atoms with E-state index in [1.54, 1.807) is 36.4 Å². The van der Waals surface area contributed by atoms with E-state index in [9.17, 15) is 14.0 Å². The summed E-state index contributed by atoms with van der Waals surface area (Å²) in [5.41, 5.74) is 0.644. The van der Waals surface area contributed by atoms with E-state index in [4.69, 9.17) is 11.6 Å². The zero-order valence-corrected chi connectivity index (χ0v) is 13.7. The van der Waals surface area contributed by atoms with Crippen LogP contribution in [0.4, 0.5) is 14.9 Å². The Morgan fingerprint density at radius 3 is 2.64 bits per heavy atom. The lowest BCUT2D eigenvalue weighted by Gasteiger charge is -2.15. The highest BCUT2D eigenvalue weighted by atomic mass is 35.5. The van der Waals surface area contributed by atoms with Gasteiger partial charge in [-0.25, -0.2) is 18.7 Å². The van der Waals surface area contributed by atoms with Gasteiger partial charge in [0.15, 0.2) is 5.82 Å². The number of amides is 1. The summed E-state index contributed by atoms with van der Waals surface area (Å²) in [5.74, 6) is -0.0492. The van der Waals surface area contributed by atoms with Crippen molar-refractivity contribution >= 4 is 23.3 Å². The number of rotatable bonds is 3. The summed E-state index contributed by atoms with van der Waals surface area (Å²) in [5, 5.41) is 4.71. The topological polar surface area (TPSA) is 60.1 Å². The van der Waals surface area contributed by atoms with Crippen molar-refractivity contribution in [2.24, 2.45) is 0 Å². The van der Waals surface area contributed by atoms with Gasteiger partial charge in [-0.15, -0.1) is 0 Å². The number of benzene rings is 2. The summed E-state index contributed by atoms with van der Waals surface area (Å²) in [7, 11) is 0. The van der Waals surface area contributed by atoms with Gasteiger partial charge in [-0.1, -0.05) is 29.8 Å². The molecule has 126 valence electrons. The van der Waals surface area contributed by atoms with Crippen LogP contribution >= 0.6 is 11.6 Å². The molecule has 0 atom stereocenters. The predicted molar refractivity (Wildman–Crippen MR) is 90.4 cm³/mol. The normalized spacial score (nSPS) is 13.4. The number of hydrogen-bond acceptors (Lipinski definition) is 3. The Bertz CT molecular complexity index is 1040. The smallest absolute Gasteiger partial charge is 0.286 e. The van der Waals surface area contributed by atoms with E-state index in [0.29, 0.717) is 22.1 Å². The minimum Gasteiger partial charge on any atom is -0.286 e. The van der Waals surface area contributed by atoms with Crippen LogP contribution in [0.15, 0.2) is 53.3 Å². The first-order chi connectivity index (χ1) is 12.0. The molecule has 0 saturated heterocycles. The third kappa shape index (κ3) is 2.72. The maximum absolute atomic E-state index is 13.3. The van der Waals surface area contributed by atoms with Crippen LogP contribution in [0.5, 0.6) is 0 Å². The van der Waals surface area contributed by atoms with Crippen molar-refractivity contribution in [1.29, 1.82) is 0 Å². The van der Waals surface area contributed by atoms with E-state index < -0.39 is 11.7 Å². The molecular formula is C17H12ClFN4O2. The fourth-order valence-electron chi connectivity index (χ4n) is 2.83. The van der Waals surface area contributed by atoms with Crippen LogP contribution in [-0.2, 0) is 13.1 Å². The molecule has 1 amide bonds. The van der Waals surface area contributed by atoms with E-state index >= 15 is 0 Å². The van der Waals surface area contributed by atoms with Crippen molar-refractivity contribution in [2.45, 2.75) is 13.1 Å². The quantitative estimate of drug-likeness (QED) is 0.723. The largest absolute Gasteiger partial charge is 0.354 e. The Morgan fingerprint density at radius 2 is 1.92 bits per heavy atom. The van der Waals surface area contributed by atoms with Gasteiger partial charge in [-0.3, -0.25) is 4.90 Å². The van der Waals surface area contributed by atoms with Crippen LogP contribution in [0.2, 0.25) is 5.02 Å². The zero-order chi connectivity index (χ0) is 17.6. The Kier molecular flexibility index (Phi) is 3.65. The van der Waals surface area contributed by atoms with E-state index in [2.05, 4.69) is 5.10 Å². The molecule has 6 nitrogen and oxygen atoms in total. The van der Waals surface area contributed by atoms with Gasteiger partial charge in [0.05, 0.1) is 13.1 Å². The van der Waals surface area contributed by atoms with Crippen molar-refractivity contribution in [1.82, 2.24) is 14.3 Å². The SMILES string of the molecule is O=C1N(c2cccc(Cl)c2)Cc2nn(Cc3cccc(F)c3)c(=O)n21. The number of carbonyl (C=O) groups is 1. The monoisotopic (exact) mass is 358 g/mol. The molecule has 1 aliphatic rings. The van der Waals surface area contributed by atoms with Crippen LogP contribution < -0.4 is 10.6 Å². The first-order valence-electron chi connectivity index (χ1n) is 7.53. The highest BCUT2D eigenvalue weighted by molar-refractivity contribution is 6.30. The molecule has 0 saturated carbocycles. The van der Waals surface area contributed by atoms with Gasteiger partial charge in [-0.05, 0) is 35.9 Å². The molecule has 0 radical (unpaired) electrons. The van der Waals surface area contributed by atoms with E-state index in [1.807, 2.05) is 0 Å². The molecule has 0 N–H and O–H groups in total. The van der Waals surface area contributed by atoms with Crippen molar-refractivity contribution in [2.75, 3.05) is 4.90 Å². The molecule has 0 spiro atoms. The summed E-state index contributed by atoms with van der Waals surface area (Å²) in [6.07, 6.45) is 0. The van der Waals surface area contributed by atoms with Gasteiger partial charge in [0.1, 0.15) is 5.82 Å². The van der Waals surface area contributed by atoms with Crippen LogP contribution in [0.3, 0.4) is 0 Å². The third-order valence-corrected chi connectivity index (χ3v) is 4.20. The third-order valence-electron chi connectivity index (χ3n) is 3.97. The summed E-state index contributed by atoms with van der Waals surface area (Å²) < 4.78 is 15.5. The van der Waals surface area contributed by atoms with E-state index in [0.717, 1.165) is 9.25 Å². The lowest BCUT2D eigenvalue weighted by Crippen LogP contribution is -2.35.